The lowest BCUT2D eigenvalue weighted by Gasteiger charge is -2.02. The maximum atomic E-state index is 11.7. The van der Waals surface area contributed by atoms with Gasteiger partial charge in [-0.15, -0.1) is 0 Å². The van der Waals surface area contributed by atoms with E-state index < -0.39 is 4.92 Å². The van der Waals surface area contributed by atoms with Gasteiger partial charge in [0.1, 0.15) is 0 Å². The molecule has 0 aliphatic carbocycles. The molecule has 0 unspecified atom stereocenters. The van der Waals surface area contributed by atoms with Crippen LogP contribution in [-0.2, 0) is 6.42 Å². The van der Waals surface area contributed by atoms with Gasteiger partial charge in [-0.05, 0) is 6.07 Å². The van der Waals surface area contributed by atoms with Gasteiger partial charge in [-0.3, -0.25) is 14.9 Å². The van der Waals surface area contributed by atoms with Crippen molar-refractivity contribution in [3.63, 3.8) is 0 Å². The number of aromatic amines is 1. The van der Waals surface area contributed by atoms with E-state index in [9.17, 15) is 14.9 Å². The van der Waals surface area contributed by atoms with Crippen molar-refractivity contribution in [2.75, 3.05) is 0 Å². The van der Waals surface area contributed by atoms with Gasteiger partial charge in [-0.2, -0.15) is 5.26 Å². The molecule has 1 N–H and O–H groups in total. The average molecular weight is 255 g/mol. The maximum absolute atomic E-state index is 11.7. The number of nitriles is 1. The Labute approximate surface area is 108 Å². The summed E-state index contributed by atoms with van der Waals surface area (Å²) < 4.78 is 0. The summed E-state index contributed by atoms with van der Waals surface area (Å²) >= 11 is 0. The number of benzene rings is 1. The Morgan fingerprint density at radius 3 is 2.74 bits per heavy atom. The van der Waals surface area contributed by atoms with E-state index in [1.54, 1.807) is 24.3 Å². The van der Waals surface area contributed by atoms with Crippen molar-refractivity contribution in [1.29, 1.82) is 5.26 Å². The second kappa shape index (κ2) is 5.14. The van der Waals surface area contributed by atoms with E-state index >= 15 is 0 Å². The first kappa shape index (κ1) is 12.5. The zero-order valence-electron chi connectivity index (χ0n) is 9.79. The normalized spacial score (nSPS) is 9.84. The lowest BCUT2D eigenvalue weighted by molar-refractivity contribution is -0.384. The molecule has 6 nitrogen and oxygen atoms in total. The number of pyridine rings is 1. The Hall–Kier alpha value is -2.94. The Morgan fingerprint density at radius 1 is 1.32 bits per heavy atom. The molecule has 0 bridgehead atoms. The molecule has 19 heavy (non-hydrogen) atoms. The molecule has 0 amide bonds. The van der Waals surface area contributed by atoms with Crippen molar-refractivity contribution >= 4 is 5.69 Å². The molecule has 0 atom stereocenters. The van der Waals surface area contributed by atoms with Gasteiger partial charge in [0.25, 0.3) is 11.2 Å². The summed E-state index contributed by atoms with van der Waals surface area (Å²) in [5, 5.41) is 19.2. The summed E-state index contributed by atoms with van der Waals surface area (Å²) in [5.74, 6) is 0. The molecular formula is C13H9N3O3. The molecule has 6 heteroatoms. The lowest BCUT2D eigenvalue weighted by Crippen LogP contribution is -2.12. The highest BCUT2D eigenvalue weighted by Crippen LogP contribution is 2.21. The van der Waals surface area contributed by atoms with E-state index in [-0.39, 0.29) is 17.7 Å². The van der Waals surface area contributed by atoms with E-state index in [0.29, 0.717) is 16.8 Å². The molecule has 2 aromatic rings. The molecule has 2 rings (SSSR count). The summed E-state index contributed by atoms with van der Waals surface area (Å²) in [7, 11) is 0. The van der Waals surface area contributed by atoms with Gasteiger partial charge in [0.05, 0.1) is 17.4 Å². The molecule has 0 saturated carbocycles. The van der Waals surface area contributed by atoms with Crippen LogP contribution < -0.4 is 5.56 Å². The van der Waals surface area contributed by atoms with Crippen LogP contribution in [0.2, 0.25) is 0 Å². The van der Waals surface area contributed by atoms with Crippen LogP contribution >= 0.6 is 0 Å². The maximum Gasteiger partial charge on any atom is 0.270 e. The van der Waals surface area contributed by atoms with E-state index in [1.165, 1.54) is 12.1 Å². The first-order valence-corrected chi connectivity index (χ1v) is 5.46. The van der Waals surface area contributed by atoms with E-state index in [0.717, 1.165) is 0 Å². The minimum atomic E-state index is -0.494. The smallest absolute Gasteiger partial charge is 0.270 e. The van der Waals surface area contributed by atoms with E-state index in [2.05, 4.69) is 4.98 Å². The van der Waals surface area contributed by atoms with Crippen molar-refractivity contribution in [1.82, 2.24) is 4.98 Å². The number of non-ortho nitro benzene ring substituents is 1. The lowest BCUT2D eigenvalue weighted by atomic mass is 10.1. The molecule has 0 saturated heterocycles. The molecular weight excluding hydrogens is 246 g/mol. The minimum Gasteiger partial charge on any atom is -0.322 e. The molecule has 94 valence electrons. The summed E-state index contributed by atoms with van der Waals surface area (Å²) in [6.45, 7) is 0. The number of rotatable bonds is 3. The molecule has 1 aromatic heterocycles. The van der Waals surface area contributed by atoms with Crippen molar-refractivity contribution in [2.24, 2.45) is 0 Å². The number of nitro groups is 1. The van der Waals surface area contributed by atoms with Gasteiger partial charge in [0.15, 0.2) is 0 Å². The number of H-pyrrole nitrogens is 1. The minimum absolute atomic E-state index is 0.0323. The van der Waals surface area contributed by atoms with Crippen LogP contribution in [0.15, 0.2) is 41.2 Å². The third kappa shape index (κ3) is 2.66. The molecule has 0 aliphatic rings. The number of hydrogen-bond acceptors (Lipinski definition) is 4. The second-order valence-electron chi connectivity index (χ2n) is 3.87. The van der Waals surface area contributed by atoms with Gasteiger partial charge in [-0.25, -0.2) is 0 Å². The highest BCUT2D eigenvalue weighted by Gasteiger charge is 2.08. The number of nitrogens with zero attached hydrogens (tertiary/aromatic N) is 2. The zero-order chi connectivity index (χ0) is 13.8. The fourth-order valence-corrected chi connectivity index (χ4v) is 1.68. The Kier molecular flexibility index (Phi) is 3.39. The molecule has 1 heterocycles. The first-order chi connectivity index (χ1) is 9.11. The van der Waals surface area contributed by atoms with Gasteiger partial charge in [-0.1, -0.05) is 18.2 Å². The molecule has 0 radical (unpaired) electrons. The summed E-state index contributed by atoms with van der Waals surface area (Å²) in [6.07, 6.45) is 0.0323. The number of hydrogen-bond donors (Lipinski definition) is 1. The molecule has 0 fully saturated rings. The third-order valence-electron chi connectivity index (χ3n) is 2.63. The monoisotopic (exact) mass is 255 g/mol. The van der Waals surface area contributed by atoms with Gasteiger partial charge in [0.2, 0.25) is 0 Å². The molecule has 0 aliphatic heterocycles. The predicted molar refractivity (Wildman–Crippen MR) is 68.5 cm³/mol. The Balaban J connectivity index is 2.46. The van der Waals surface area contributed by atoms with Crippen LogP contribution in [0.5, 0.6) is 0 Å². The first-order valence-electron chi connectivity index (χ1n) is 5.46. The molecule has 0 spiro atoms. The van der Waals surface area contributed by atoms with Crippen LogP contribution in [0.4, 0.5) is 5.69 Å². The number of nitrogens with one attached hydrogen (secondary N) is 1. The largest absolute Gasteiger partial charge is 0.322 e. The second-order valence-corrected chi connectivity index (χ2v) is 3.87. The van der Waals surface area contributed by atoms with E-state index in [4.69, 9.17) is 5.26 Å². The van der Waals surface area contributed by atoms with E-state index in [1.807, 2.05) is 6.07 Å². The number of aromatic nitrogens is 1. The third-order valence-corrected chi connectivity index (χ3v) is 2.63. The quantitative estimate of drug-likeness (QED) is 0.669. The summed E-state index contributed by atoms with van der Waals surface area (Å²) in [4.78, 5) is 24.5. The zero-order valence-corrected chi connectivity index (χ0v) is 9.79. The fourth-order valence-electron chi connectivity index (χ4n) is 1.68. The van der Waals surface area contributed by atoms with Gasteiger partial charge >= 0.3 is 0 Å². The number of nitro benzene ring substituents is 1. The standard InChI is InChI=1S/C13H9N3O3/c14-7-6-9-4-5-12(15-13(9)17)10-2-1-3-11(8-10)16(18)19/h1-5,8H,6H2,(H,15,17). The van der Waals surface area contributed by atoms with Crippen LogP contribution in [0, 0.1) is 21.4 Å². The van der Waals surface area contributed by atoms with Crippen LogP contribution in [0.25, 0.3) is 11.3 Å². The van der Waals surface area contributed by atoms with Crippen molar-refractivity contribution in [2.45, 2.75) is 6.42 Å². The average Bonchev–Trinajstić information content (AvgIpc) is 2.41. The highest BCUT2D eigenvalue weighted by atomic mass is 16.6. The fraction of sp³-hybridized carbons (Fsp3) is 0.0769. The van der Waals surface area contributed by atoms with Crippen molar-refractivity contribution < 1.29 is 4.92 Å². The highest BCUT2D eigenvalue weighted by molar-refractivity contribution is 5.62. The van der Waals surface area contributed by atoms with Crippen LogP contribution in [0.3, 0.4) is 0 Å². The van der Waals surface area contributed by atoms with Gasteiger partial charge in [0, 0.05) is 29.0 Å². The Morgan fingerprint density at radius 2 is 2.11 bits per heavy atom. The van der Waals surface area contributed by atoms with Crippen LogP contribution in [-0.4, -0.2) is 9.91 Å². The van der Waals surface area contributed by atoms with Crippen molar-refractivity contribution in [3.05, 3.63) is 62.4 Å². The summed E-state index contributed by atoms with van der Waals surface area (Å²) in [6, 6.07) is 11.1. The van der Waals surface area contributed by atoms with Crippen molar-refractivity contribution in [3.8, 4) is 17.3 Å². The molecule has 1 aromatic carbocycles. The SMILES string of the molecule is N#CCc1ccc(-c2cccc([N+](=O)[O-])c2)[nH]c1=O. The topological polar surface area (TPSA) is 99.8 Å². The van der Waals surface area contributed by atoms with Gasteiger partial charge < -0.3 is 4.98 Å². The summed E-state index contributed by atoms with van der Waals surface area (Å²) in [5.41, 5.74) is 1.01. The Bertz CT molecular complexity index is 728. The predicted octanol–water partition coefficient (Wildman–Crippen LogP) is 2.02. The van der Waals surface area contributed by atoms with Crippen LogP contribution in [0.1, 0.15) is 5.56 Å².